The lowest BCUT2D eigenvalue weighted by atomic mass is 10.1. The quantitative estimate of drug-likeness (QED) is 0.797. The molecule has 0 aromatic carbocycles. The van der Waals surface area contributed by atoms with Crippen molar-refractivity contribution in [2.75, 3.05) is 20.1 Å². The molecule has 16 heavy (non-hydrogen) atoms. The SMILES string of the molecule is CNCC(C)C(=O)N1CC(C)CCCC1C. The minimum Gasteiger partial charge on any atom is -0.339 e. The highest BCUT2D eigenvalue weighted by molar-refractivity contribution is 5.79. The zero-order valence-electron chi connectivity index (χ0n) is 11.1. The summed E-state index contributed by atoms with van der Waals surface area (Å²) in [6.45, 7) is 8.16. The van der Waals surface area contributed by atoms with Crippen molar-refractivity contribution in [2.24, 2.45) is 11.8 Å². The minimum atomic E-state index is 0.0951. The summed E-state index contributed by atoms with van der Waals surface area (Å²) >= 11 is 0. The van der Waals surface area contributed by atoms with Gasteiger partial charge in [-0.25, -0.2) is 0 Å². The molecule has 0 aliphatic carbocycles. The summed E-state index contributed by atoms with van der Waals surface area (Å²) in [6.07, 6.45) is 3.67. The number of nitrogens with one attached hydrogen (secondary N) is 1. The number of amides is 1. The lowest BCUT2D eigenvalue weighted by Crippen LogP contribution is -2.44. The molecular formula is C13H26N2O. The number of carbonyl (C=O) groups excluding carboxylic acids is 1. The maximum Gasteiger partial charge on any atom is 0.226 e. The Kier molecular flexibility index (Phi) is 5.26. The average molecular weight is 226 g/mol. The van der Waals surface area contributed by atoms with E-state index in [4.69, 9.17) is 0 Å². The van der Waals surface area contributed by atoms with Crippen LogP contribution < -0.4 is 5.32 Å². The van der Waals surface area contributed by atoms with Gasteiger partial charge in [-0.05, 0) is 32.7 Å². The van der Waals surface area contributed by atoms with Crippen LogP contribution in [0.1, 0.15) is 40.0 Å². The summed E-state index contributed by atoms with van der Waals surface area (Å²) in [5, 5.41) is 3.08. The first-order chi connectivity index (χ1) is 7.56. The molecule has 3 unspecified atom stereocenters. The summed E-state index contributed by atoms with van der Waals surface area (Å²) in [4.78, 5) is 14.4. The molecule has 1 fully saturated rings. The molecule has 0 saturated carbocycles. The first-order valence-corrected chi connectivity index (χ1v) is 6.51. The first kappa shape index (κ1) is 13.5. The van der Waals surface area contributed by atoms with Gasteiger partial charge in [0.2, 0.25) is 5.91 Å². The van der Waals surface area contributed by atoms with E-state index in [9.17, 15) is 4.79 Å². The zero-order chi connectivity index (χ0) is 12.1. The van der Waals surface area contributed by atoms with E-state index in [1.807, 2.05) is 14.0 Å². The molecular weight excluding hydrogens is 200 g/mol. The highest BCUT2D eigenvalue weighted by Gasteiger charge is 2.27. The average Bonchev–Trinajstić information content (AvgIpc) is 2.40. The molecule has 0 bridgehead atoms. The maximum atomic E-state index is 12.3. The molecule has 1 aliphatic heterocycles. The summed E-state index contributed by atoms with van der Waals surface area (Å²) in [5.41, 5.74) is 0. The van der Waals surface area contributed by atoms with E-state index in [-0.39, 0.29) is 5.92 Å². The predicted octanol–water partition coefficient (Wildman–Crippen LogP) is 1.88. The molecule has 3 atom stereocenters. The summed E-state index contributed by atoms with van der Waals surface area (Å²) in [7, 11) is 1.90. The molecule has 1 saturated heterocycles. The van der Waals surface area contributed by atoms with Gasteiger partial charge in [-0.1, -0.05) is 20.3 Å². The molecule has 0 aromatic rings. The van der Waals surface area contributed by atoms with Crippen LogP contribution >= 0.6 is 0 Å². The van der Waals surface area contributed by atoms with Crippen LogP contribution in [0, 0.1) is 11.8 Å². The first-order valence-electron chi connectivity index (χ1n) is 6.51. The number of nitrogens with zero attached hydrogens (tertiary/aromatic N) is 1. The van der Waals surface area contributed by atoms with Gasteiger partial charge in [0, 0.05) is 25.0 Å². The van der Waals surface area contributed by atoms with Crippen molar-refractivity contribution in [1.82, 2.24) is 10.2 Å². The Morgan fingerprint density at radius 2 is 2.12 bits per heavy atom. The Morgan fingerprint density at radius 3 is 2.75 bits per heavy atom. The lowest BCUT2D eigenvalue weighted by molar-refractivity contribution is -0.137. The molecule has 1 rings (SSSR count). The molecule has 0 spiro atoms. The third kappa shape index (κ3) is 3.48. The van der Waals surface area contributed by atoms with Crippen LogP contribution in [0.4, 0.5) is 0 Å². The molecule has 1 aliphatic rings. The van der Waals surface area contributed by atoms with Gasteiger partial charge in [0.05, 0.1) is 0 Å². The predicted molar refractivity (Wildman–Crippen MR) is 67.3 cm³/mol. The van der Waals surface area contributed by atoms with Gasteiger partial charge in [0.15, 0.2) is 0 Å². The second kappa shape index (κ2) is 6.24. The fourth-order valence-corrected chi connectivity index (χ4v) is 2.51. The van der Waals surface area contributed by atoms with E-state index in [0.717, 1.165) is 19.5 Å². The van der Waals surface area contributed by atoms with Gasteiger partial charge in [-0.3, -0.25) is 4.79 Å². The summed E-state index contributed by atoms with van der Waals surface area (Å²) in [6, 6.07) is 0.414. The Labute approximate surface area is 99.6 Å². The van der Waals surface area contributed by atoms with Gasteiger partial charge >= 0.3 is 0 Å². The number of hydrogen-bond acceptors (Lipinski definition) is 2. The van der Waals surface area contributed by atoms with Crippen molar-refractivity contribution in [3.8, 4) is 0 Å². The smallest absolute Gasteiger partial charge is 0.226 e. The fourth-order valence-electron chi connectivity index (χ4n) is 2.51. The number of carbonyl (C=O) groups is 1. The Bertz CT molecular complexity index is 230. The van der Waals surface area contributed by atoms with Gasteiger partial charge in [0.25, 0.3) is 0 Å². The molecule has 1 heterocycles. The van der Waals surface area contributed by atoms with E-state index in [1.165, 1.54) is 12.8 Å². The molecule has 3 heteroatoms. The van der Waals surface area contributed by atoms with E-state index < -0.39 is 0 Å². The minimum absolute atomic E-state index is 0.0951. The highest BCUT2D eigenvalue weighted by atomic mass is 16.2. The molecule has 0 radical (unpaired) electrons. The van der Waals surface area contributed by atoms with Crippen molar-refractivity contribution in [3.63, 3.8) is 0 Å². The Balaban J connectivity index is 2.63. The fraction of sp³-hybridized carbons (Fsp3) is 0.923. The largest absolute Gasteiger partial charge is 0.339 e. The second-order valence-electron chi connectivity index (χ2n) is 5.33. The molecule has 94 valence electrons. The standard InChI is InChI=1S/C13H26N2O/c1-10-6-5-7-12(3)15(9-10)13(16)11(2)8-14-4/h10-12,14H,5-9H2,1-4H3. The van der Waals surface area contributed by atoms with Gasteiger partial charge in [0.1, 0.15) is 0 Å². The number of rotatable bonds is 3. The molecule has 3 nitrogen and oxygen atoms in total. The Morgan fingerprint density at radius 1 is 1.44 bits per heavy atom. The third-order valence-electron chi connectivity index (χ3n) is 3.57. The monoisotopic (exact) mass is 226 g/mol. The number of likely N-dealkylation sites (tertiary alicyclic amines) is 1. The summed E-state index contributed by atoms with van der Waals surface area (Å²) in [5.74, 6) is 1.06. The Hall–Kier alpha value is -0.570. The van der Waals surface area contributed by atoms with E-state index in [1.54, 1.807) is 0 Å². The van der Waals surface area contributed by atoms with Gasteiger partial charge in [-0.15, -0.1) is 0 Å². The van der Waals surface area contributed by atoms with Crippen LogP contribution in [0.3, 0.4) is 0 Å². The van der Waals surface area contributed by atoms with Crippen LogP contribution in [0.25, 0.3) is 0 Å². The van der Waals surface area contributed by atoms with E-state index in [0.29, 0.717) is 17.9 Å². The highest BCUT2D eigenvalue weighted by Crippen LogP contribution is 2.22. The lowest BCUT2D eigenvalue weighted by Gasteiger charge is -2.31. The van der Waals surface area contributed by atoms with Crippen LogP contribution in [-0.2, 0) is 4.79 Å². The van der Waals surface area contributed by atoms with Crippen molar-refractivity contribution in [3.05, 3.63) is 0 Å². The normalized spacial score (nSPS) is 28.6. The van der Waals surface area contributed by atoms with Crippen molar-refractivity contribution in [2.45, 2.75) is 46.1 Å². The van der Waals surface area contributed by atoms with E-state index >= 15 is 0 Å². The van der Waals surface area contributed by atoms with Gasteiger partial charge in [-0.2, -0.15) is 0 Å². The molecule has 1 N–H and O–H groups in total. The van der Waals surface area contributed by atoms with Crippen LogP contribution in [-0.4, -0.2) is 37.0 Å². The topological polar surface area (TPSA) is 32.3 Å². The van der Waals surface area contributed by atoms with Crippen LogP contribution in [0.15, 0.2) is 0 Å². The van der Waals surface area contributed by atoms with Crippen molar-refractivity contribution in [1.29, 1.82) is 0 Å². The van der Waals surface area contributed by atoms with Crippen LogP contribution in [0.5, 0.6) is 0 Å². The second-order valence-corrected chi connectivity index (χ2v) is 5.33. The van der Waals surface area contributed by atoms with E-state index in [2.05, 4.69) is 24.1 Å². The zero-order valence-corrected chi connectivity index (χ0v) is 11.1. The van der Waals surface area contributed by atoms with Gasteiger partial charge < -0.3 is 10.2 Å². The van der Waals surface area contributed by atoms with Crippen LogP contribution in [0.2, 0.25) is 0 Å². The van der Waals surface area contributed by atoms with Crippen molar-refractivity contribution >= 4 is 5.91 Å². The molecule has 0 aromatic heterocycles. The summed E-state index contributed by atoms with van der Waals surface area (Å²) < 4.78 is 0. The molecule has 1 amide bonds. The third-order valence-corrected chi connectivity index (χ3v) is 3.57. The number of hydrogen-bond donors (Lipinski definition) is 1. The maximum absolute atomic E-state index is 12.3. The van der Waals surface area contributed by atoms with Crippen molar-refractivity contribution < 1.29 is 4.79 Å².